The van der Waals surface area contributed by atoms with Crippen molar-refractivity contribution in [3.63, 3.8) is 0 Å². The lowest BCUT2D eigenvalue weighted by Crippen LogP contribution is -2.33. The minimum Gasteiger partial charge on any atom is -0.342 e. The van der Waals surface area contributed by atoms with Gasteiger partial charge in [-0.15, -0.1) is 0 Å². The smallest absolute Gasteiger partial charge is 0.342 e. The fourth-order valence-electron chi connectivity index (χ4n) is 1.80. The third kappa shape index (κ3) is 4.02. The Bertz CT molecular complexity index is 289. The van der Waals surface area contributed by atoms with Crippen molar-refractivity contribution in [3.05, 3.63) is 0 Å². The number of amides is 1. The van der Waals surface area contributed by atoms with Gasteiger partial charge in [0.15, 0.2) is 0 Å². The second-order valence-electron chi connectivity index (χ2n) is 3.79. The molecule has 1 saturated heterocycles. The van der Waals surface area contributed by atoms with Crippen LogP contribution in [0.2, 0.25) is 0 Å². The van der Waals surface area contributed by atoms with Gasteiger partial charge in [-0.05, 0) is 6.92 Å². The van der Waals surface area contributed by atoms with Gasteiger partial charge in [0, 0.05) is 25.9 Å². The van der Waals surface area contributed by atoms with Crippen LogP contribution in [0.15, 0.2) is 0 Å². The van der Waals surface area contributed by atoms with Gasteiger partial charge in [0.1, 0.15) is 5.78 Å². The lowest BCUT2D eigenvalue weighted by molar-refractivity contribution is -0.182. The van der Waals surface area contributed by atoms with Crippen molar-refractivity contribution in [1.82, 2.24) is 4.90 Å². The zero-order valence-electron chi connectivity index (χ0n) is 10.5. The maximum atomic E-state index is 12.5. The quantitative estimate of drug-likeness (QED) is 0.718. The van der Waals surface area contributed by atoms with Crippen LogP contribution >= 0.6 is 0 Å². The SMILES string of the molecule is CC.CC(=O)C1CN(C(C)=O)CC1C(F)(F)F. The van der Waals surface area contributed by atoms with Crippen molar-refractivity contribution in [2.75, 3.05) is 13.1 Å². The van der Waals surface area contributed by atoms with Crippen molar-refractivity contribution in [2.45, 2.75) is 33.9 Å². The van der Waals surface area contributed by atoms with Gasteiger partial charge in [-0.2, -0.15) is 13.2 Å². The number of carbonyl (C=O) groups excluding carboxylic acids is 2. The molecule has 1 rings (SSSR count). The molecule has 1 amide bonds. The molecule has 0 spiro atoms. The van der Waals surface area contributed by atoms with Gasteiger partial charge in [0.2, 0.25) is 5.91 Å². The molecule has 1 fully saturated rings. The van der Waals surface area contributed by atoms with Crippen molar-refractivity contribution < 1.29 is 22.8 Å². The summed E-state index contributed by atoms with van der Waals surface area (Å²) in [5, 5.41) is 0. The summed E-state index contributed by atoms with van der Waals surface area (Å²) in [7, 11) is 0. The number of rotatable bonds is 1. The highest BCUT2D eigenvalue weighted by Crippen LogP contribution is 2.37. The van der Waals surface area contributed by atoms with Gasteiger partial charge in [-0.3, -0.25) is 9.59 Å². The zero-order chi connectivity index (χ0) is 13.8. The highest BCUT2D eigenvalue weighted by atomic mass is 19.4. The predicted octanol–water partition coefficient (Wildman–Crippen LogP) is 2.26. The molecule has 0 bridgehead atoms. The molecule has 17 heavy (non-hydrogen) atoms. The summed E-state index contributed by atoms with van der Waals surface area (Å²) in [6.45, 7) is 5.82. The van der Waals surface area contributed by atoms with Gasteiger partial charge in [0.05, 0.1) is 5.92 Å². The molecular weight excluding hydrogens is 235 g/mol. The molecule has 0 aromatic heterocycles. The maximum Gasteiger partial charge on any atom is 0.394 e. The van der Waals surface area contributed by atoms with Crippen LogP contribution in [0.3, 0.4) is 0 Å². The van der Waals surface area contributed by atoms with E-state index in [1.165, 1.54) is 6.92 Å². The minimum atomic E-state index is -4.42. The summed E-state index contributed by atoms with van der Waals surface area (Å²) in [5.74, 6) is -3.75. The molecule has 0 aromatic carbocycles. The normalized spacial score (nSPS) is 24.1. The summed E-state index contributed by atoms with van der Waals surface area (Å²) < 4.78 is 37.6. The van der Waals surface area contributed by atoms with E-state index < -0.39 is 36.2 Å². The first-order valence-electron chi connectivity index (χ1n) is 5.56. The second kappa shape index (κ2) is 6.02. The molecule has 3 nitrogen and oxygen atoms in total. The number of hydrogen-bond donors (Lipinski definition) is 0. The van der Waals surface area contributed by atoms with Crippen LogP contribution in [-0.4, -0.2) is 35.9 Å². The Labute approximate surface area is 99.0 Å². The molecule has 0 aromatic rings. The first-order valence-corrected chi connectivity index (χ1v) is 5.56. The third-order valence-corrected chi connectivity index (χ3v) is 2.71. The highest BCUT2D eigenvalue weighted by molar-refractivity contribution is 5.81. The van der Waals surface area contributed by atoms with Gasteiger partial charge in [0.25, 0.3) is 0 Å². The van der Waals surface area contributed by atoms with Crippen LogP contribution < -0.4 is 0 Å². The lowest BCUT2D eigenvalue weighted by Gasteiger charge is -2.18. The Hall–Kier alpha value is -1.07. The summed E-state index contributed by atoms with van der Waals surface area (Å²) in [6, 6.07) is 0. The lowest BCUT2D eigenvalue weighted by atomic mass is 9.92. The van der Waals surface area contributed by atoms with Crippen LogP contribution in [0.1, 0.15) is 27.7 Å². The monoisotopic (exact) mass is 253 g/mol. The molecule has 2 atom stereocenters. The molecular formula is C11H18F3NO2. The van der Waals surface area contributed by atoms with Crippen molar-refractivity contribution in [2.24, 2.45) is 11.8 Å². The molecule has 0 N–H and O–H groups in total. The molecule has 1 heterocycles. The average Bonchev–Trinajstić information content (AvgIpc) is 2.64. The molecule has 2 unspecified atom stereocenters. The highest BCUT2D eigenvalue weighted by Gasteiger charge is 2.51. The zero-order valence-corrected chi connectivity index (χ0v) is 10.5. The first kappa shape index (κ1) is 15.9. The Morgan fingerprint density at radius 1 is 1.12 bits per heavy atom. The molecule has 0 aliphatic carbocycles. The van der Waals surface area contributed by atoms with Crippen molar-refractivity contribution in [1.29, 1.82) is 0 Å². The topological polar surface area (TPSA) is 37.4 Å². The number of carbonyl (C=O) groups is 2. The average molecular weight is 253 g/mol. The van der Waals surface area contributed by atoms with Crippen LogP contribution in [0, 0.1) is 11.8 Å². The number of nitrogens with zero attached hydrogens (tertiary/aromatic N) is 1. The van der Waals surface area contributed by atoms with Crippen LogP contribution in [0.25, 0.3) is 0 Å². The first-order chi connectivity index (χ1) is 7.73. The minimum absolute atomic E-state index is 0.116. The van der Waals surface area contributed by atoms with Gasteiger partial charge in [-0.1, -0.05) is 13.8 Å². The maximum absolute atomic E-state index is 12.5. The molecule has 6 heteroatoms. The van der Waals surface area contributed by atoms with Gasteiger partial charge >= 0.3 is 6.18 Å². The Kier molecular flexibility index (Phi) is 5.64. The van der Waals surface area contributed by atoms with Crippen LogP contribution in [-0.2, 0) is 9.59 Å². The standard InChI is InChI=1S/C9H12F3NO2.C2H6/c1-5(14)7-3-13(6(2)15)4-8(7)9(10,11)12;1-2/h7-8H,3-4H2,1-2H3;1-2H3. The molecule has 0 radical (unpaired) electrons. The fraction of sp³-hybridized carbons (Fsp3) is 0.818. The van der Waals surface area contributed by atoms with Crippen LogP contribution in [0.5, 0.6) is 0 Å². The Balaban J connectivity index is 0.00000121. The van der Waals surface area contributed by atoms with E-state index in [1.54, 1.807) is 0 Å². The van der Waals surface area contributed by atoms with E-state index in [4.69, 9.17) is 0 Å². The summed E-state index contributed by atoms with van der Waals surface area (Å²) >= 11 is 0. The Morgan fingerprint density at radius 3 is 1.82 bits per heavy atom. The van der Waals surface area contributed by atoms with E-state index in [0.717, 1.165) is 11.8 Å². The second-order valence-corrected chi connectivity index (χ2v) is 3.79. The van der Waals surface area contributed by atoms with E-state index in [2.05, 4.69) is 0 Å². The number of ketones is 1. The molecule has 1 aliphatic heterocycles. The summed E-state index contributed by atoms with van der Waals surface area (Å²) in [6.07, 6.45) is -4.42. The van der Waals surface area contributed by atoms with E-state index in [1.807, 2.05) is 13.8 Å². The van der Waals surface area contributed by atoms with Gasteiger partial charge < -0.3 is 4.90 Å². The number of halogens is 3. The van der Waals surface area contributed by atoms with Crippen molar-refractivity contribution >= 4 is 11.7 Å². The van der Waals surface area contributed by atoms with Gasteiger partial charge in [-0.25, -0.2) is 0 Å². The number of hydrogen-bond acceptors (Lipinski definition) is 2. The van der Waals surface area contributed by atoms with Crippen LogP contribution in [0.4, 0.5) is 13.2 Å². The Morgan fingerprint density at radius 2 is 1.59 bits per heavy atom. The molecule has 0 saturated carbocycles. The van der Waals surface area contributed by atoms with E-state index in [0.29, 0.717) is 0 Å². The number of likely N-dealkylation sites (tertiary alicyclic amines) is 1. The summed E-state index contributed by atoms with van der Waals surface area (Å²) in [5.41, 5.74) is 0. The molecule has 1 aliphatic rings. The number of alkyl halides is 3. The van der Waals surface area contributed by atoms with Crippen molar-refractivity contribution in [3.8, 4) is 0 Å². The summed E-state index contributed by atoms with van der Waals surface area (Å²) in [4.78, 5) is 23.0. The van der Waals surface area contributed by atoms with E-state index in [-0.39, 0.29) is 6.54 Å². The fourth-order valence-corrected chi connectivity index (χ4v) is 1.80. The largest absolute Gasteiger partial charge is 0.394 e. The van der Waals surface area contributed by atoms with E-state index in [9.17, 15) is 22.8 Å². The third-order valence-electron chi connectivity index (χ3n) is 2.71. The van der Waals surface area contributed by atoms with E-state index >= 15 is 0 Å². The number of Topliss-reactive ketones (excluding diaryl/α,β-unsaturated/α-hetero) is 1. The molecule has 100 valence electrons. The predicted molar refractivity (Wildman–Crippen MR) is 57.3 cm³/mol.